The number of hydrogen-bond donors (Lipinski definition) is 1. The average molecular weight is 305 g/mol. The van der Waals surface area contributed by atoms with Crippen LogP contribution in [-0.4, -0.2) is 23.2 Å². The molecule has 20 heavy (non-hydrogen) atoms. The van der Waals surface area contributed by atoms with E-state index in [9.17, 15) is 5.11 Å². The zero-order valence-corrected chi connectivity index (χ0v) is 13.9. The van der Waals surface area contributed by atoms with Crippen LogP contribution in [0.4, 0.5) is 0 Å². The Hall–Kier alpha value is -0.210. The molecule has 0 saturated heterocycles. The number of rotatable bonds is 15. The number of unbranched alkanes of at least 4 members (excludes halogenated alkanes) is 9. The van der Waals surface area contributed by atoms with E-state index in [2.05, 4.69) is 13.5 Å². The van der Waals surface area contributed by atoms with Crippen molar-refractivity contribution in [2.75, 3.05) is 6.61 Å². The van der Waals surface area contributed by atoms with Crippen LogP contribution < -0.4 is 0 Å². The standard InChI is InChI=1S/C17H33ClO2/c1-3-5-6-7-8-9-10-11-12-13-14-16(18)17(19)15-20-4-2/h4,16-17,19H,2-3,5-15H2,1H3/t16-,17+/m1/s1. The van der Waals surface area contributed by atoms with Gasteiger partial charge in [-0.2, -0.15) is 0 Å². The molecule has 2 nitrogen and oxygen atoms in total. The maximum absolute atomic E-state index is 9.69. The molecular weight excluding hydrogens is 272 g/mol. The highest BCUT2D eigenvalue weighted by atomic mass is 35.5. The van der Waals surface area contributed by atoms with Crippen LogP contribution in [-0.2, 0) is 4.74 Å². The average Bonchev–Trinajstić information content (AvgIpc) is 2.46. The van der Waals surface area contributed by atoms with Gasteiger partial charge < -0.3 is 9.84 Å². The van der Waals surface area contributed by atoms with Gasteiger partial charge in [-0.1, -0.05) is 77.7 Å². The second-order valence-corrected chi connectivity index (χ2v) is 6.11. The topological polar surface area (TPSA) is 29.5 Å². The molecule has 0 aliphatic carbocycles. The highest BCUT2D eigenvalue weighted by Gasteiger charge is 2.15. The van der Waals surface area contributed by atoms with Crippen LogP contribution >= 0.6 is 11.6 Å². The second-order valence-electron chi connectivity index (χ2n) is 5.55. The molecule has 0 aliphatic heterocycles. The number of aliphatic hydroxyl groups excluding tert-OH is 1. The minimum atomic E-state index is -0.590. The highest BCUT2D eigenvalue weighted by molar-refractivity contribution is 6.21. The quantitative estimate of drug-likeness (QED) is 0.248. The summed E-state index contributed by atoms with van der Waals surface area (Å²) in [6, 6.07) is 0. The van der Waals surface area contributed by atoms with E-state index in [4.69, 9.17) is 16.3 Å². The van der Waals surface area contributed by atoms with Crippen LogP contribution in [0.2, 0.25) is 0 Å². The lowest BCUT2D eigenvalue weighted by molar-refractivity contribution is 0.0790. The van der Waals surface area contributed by atoms with E-state index < -0.39 is 6.10 Å². The molecule has 0 radical (unpaired) electrons. The maximum Gasteiger partial charge on any atom is 0.115 e. The predicted octanol–water partition coefficient (Wildman–Crippen LogP) is 5.43. The van der Waals surface area contributed by atoms with Gasteiger partial charge in [-0.05, 0) is 6.42 Å². The third-order valence-electron chi connectivity index (χ3n) is 3.64. The number of hydrogen-bond acceptors (Lipinski definition) is 2. The van der Waals surface area contributed by atoms with E-state index in [1.165, 1.54) is 64.0 Å². The fourth-order valence-corrected chi connectivity index (χ4v) is 2.52. The first-order valence-electron chi connectivity index (χ1n) is 8.27. The minimum absolute atomic E-state index is 0.205. The lowest BCUT2D eigenvalue weighted by Gasteiger charge is -2.16. The molecular formula is C17H33ClO2. The van der Waals surface area contributed by atoms with Gasteiger partial charge in [0.1, 0.15) is 12.7 Å². The van der Waals surface area contributed by atoms with E-state index >= 15 is 0 Å². The summed E-state index contributed by atoms with van der Waals surface area (Å²) >= 11 is 6.11. The number of aliphatic hydroxyl groups is 1. The fraction of sp³-hybridized carbons (Fsp3) is 0.882. The Morgan fingerprint density at radius 1 is 1.00 bits per heavy atom. The molecule has 0 amide bonds. The Bertz CT molecular complexity index is 209. The third kappa shape index (κ3) is 12.8. The van der Waals surface area contributed by atoms with Crippen molar-refractivity contribution < 1.29 is 9.84 Å². The highest BCUT2D eigenvalue weighted by Crippen LogP contribution is 2.16. The molecule has 1 N–H and O–H groups in total. The van der Waals surface area contributed by atoms with Crippen LogP contribution in [0.3, 0.4) is 0 Å². The molecule has 3 heteroatoms. The van der Waals surface area contributed by atoms with Gasteiger partial charge in [0.25, 0.3) is 0 Å². The summed E-state index contributed by atoms with van der Waals surface area (Å²) in [7, 11) is 0. The first-order chi connectivity index (χ1) is 9.72. The van der Waals surface area contributed by atoms with Crippen molar-refractivity contribution in [1.29, 1.82) is 0 Å². The Balaban J connectivity index is 3.24. The first kappa shape index (κ1) is 19.8. The van der Waals surface area contributed by atoms with Gasteiger partial charge in [0.2, 0.25) is 0 Å². The summed E-state index contributed by atoms with van der Waals surface area (Å²) in [6.07, 6.45) is 14.8. The Morgan fingerprint density at radius 3 is 2.00 bits per heavy atom. The van der Waals surface area contributed by atoms with Crippen LogP contribution in [0, 0.1) is 0 Å². The van der Waals surface area contributed by atoms with Crippen molar-refractivity contribution >= 4 is 11.6 Å². The largest absolute Gasteiger partial charge is 0.499 e. The van der Waals surface area contributed by atoms with E-state index in [-0.39, 0.29) is 12.0 Å². The number of alkyl halides is 1. The molecule has 0 bridgehead atoms. The molecule has 0 aliphatic rings. The van der Waals surface area contributed by atoms with Crippen LogP contribution in [0.25, 0.3) is 0 Å². The summed E-state index contributed by atoms with van der Waals surface area (Å²) in [5, 5.41) is 9.48. The predicted molar refractivity (Wildman–Crippen MR) is 88.3 cm³/mol. The van der Waals surface area contributed by atoms with Gasteiger partial charge in [0.15, 0.2) is 0 Å². The smallest absolute Gasteiger partial charge is 0.115 e. The van der Waals surface area contributed by atoms with Crippen LogP contribution in [0.15, 0.2) is 12.8 Å². The molecule has 0 unspecified atom stereocenters. The molecule has 0 aromatic carbocycles. The summed E-state index contributed by atoms with van der Waals surface area (Å²) < 4.78 is 4.95. The molecule has 0 rings (SSSR count). The lowest BCUT2D eigenvalue weighted by Crippen LogP contribution is -2.25. The van der Waals surface area contributed by atoms with Crippen molar-refractivity contribution in [3.63, 3.8) is 0 Å². The van der Waals surface area contributed by atoms with Crippen LogP contribution in [0.1, 0.15) is 77.6 Å². The SMILES string of the molecule is C=COC[C@H](O)[C@H](Cl)CCCCCCCCCCCC. The summed E-state index contributed by atoms with van der Waals surface area (Å²) in [6.45, 7) is 5.94. The van der Waals surface area contributed by atoms with Gasteiger partial charge in [-0.25, -0.2) is 0 Å². The van der Waals surface area contributed by atoms with E-state index in [1.807, 2.05) is 0 Å². The Labute approximate surface area is 130 Å². The molecule has 0 aromatic heterocycles. The first-order valence-corrected chi connectivity index (χ1v) is 8.70. The van der Waals surface area contributed by atoms with E-state index in [0.29, 0.717) is 0 Å². The van der Waals surface area contributed by atoms with Gasteiger partial charge in [0, 0.05) is 0 Å². The number of halogens is 1. The molecule has 0 fully saturated rings. The second kappa shape index (κ2) is 15.2. The zero-order chi connectivity index (χ0) is 15.1. The van der Waals surface area contributed by atoms with Crippen molar-refractivity contribution in [2.24, 2.45) is 0 Å². The van der Waals surface area contributed by atoms with Crippen LogP contribution in [0.5, 0.6) is 0 Å². The summed E-state index contributed by atoms with van der Waals surface area (Å²) in [5.74, 6) is 0. The van der Waals surface area contributed by atoms with Gasteiger partial charge in [-0.3, -0.25) is 0 Å². The summed E-state index contributed by atoms with van der Waals surface area (Å²) in [5.41, 5.74) is 0. The fourth-order valence-electron chi connectivity index (χ4n) is 2.29. The minimum Gasteiger partial charge on any atom is -0.499 e. The van der Waals surface area contributed by atoms with Crippen molar-refractivity contribution in [2.45, 2.75) is 89.0 Å². The maximum atomic E-state index is 9.69. The molecule has 0 heterocycles. The van der Waals surface area contributed by atoms with E-state index in [0.717, 1.165) is 12.8 Å². The molecule has 0 saturated carbocycles. The van der Waals surface area contributed by atoms with Crippen molar-refractivity contribution in [3.8, 4) is 0 Å². The molecule has 0 spiro atoms. The third-order valence-corrected chi connectivity index (χ3v) is 4.14. The Kier molecular flexibility index (Phi) is 15.0. The van der Waals surface area contributed by atoms with Gasteiger partial charge in [-0.15, -0.1) is 11.6 Å². The summed E-state index contributed by atoms with van der Waals surface area (Å²) in [4.78, 5) is 0. The lowest BCUT2D eigenvalue weighted by atomic mass is 10.0. The van der Waals surface area contributed by atoms with Gasteiger partial charge >= 0.3 is 0 Å². The molecule has 2 atom stereocenters. The normalized spacial score (nSPS) is 13.9. The van der Waals surface area contributed by atoms with Gasteiger partial charge in [0.05, 0.1) is 11.6 Å². The number of ether oxygens (including phenoxy) is 1. The van der Waals surface area contributed by atoms with Crippen molar-refractivity contribution in [1.82, 2.24) is 0 Å². The molecule has 120 valence electrons. The monoisotopic (exact) mass is 304 g/mol. The van der Waals surface area contributed by atoms with Crippen molar-refractivity contribution in [3.05, 3.63) is 12.8 Å². The zero-order valence-electron chi connectivity index (χ0n) is 13.2. The van der Waals surface area contributed by atoms with E-state index in [1.54, 1.807) is 0 Å². The molecule has 0 aromatic rings. The Morgan fingerprint density at radius 2 is 1.50 bits per heavy atom.